The molecule has 0 saturated heterocycles. The molecule has 3 aromatic rings. The number of carbonyl (C=O) groups is 1. The van der Waals surface area contributed by atoms with Gasteiger partial charge in [-0.3, -0.25) is 0 Å². The van der Waals surface area contributed by atoms with Crippen molar-refractivity contribution in [2.24, 2.45) is 5.92 Å². The van der Waals surface area contributed by atoms with Gasteiger partial charge in [-0.15, -0.1) is 0 Å². The topological polar surface area (TPSA) is 78.8 Å². The number of amides is 1. The summed E-state index contributed by atoms with van der Waals surface area (Å²) in [6.07, 6.45) is 9.25. The number of imidazole rings is 1. The van der Waals surface area contributed by atoms with Crippen LogP contribution in [0.4, 0.5) is 5.69 Å². The first-order valence-corrected chi connectivity index (χ1v) is 13.8. The van der Waals surface area contributed by atoms with Crippen LogP contribution in [0.3, 0.4) is 0 Å². The van der Waals surface area contributed by atoms with Gasteiger partial charge in [0.25, 0.3) is 0 Å². The number of aromatic nitrogens is 4. The summed E-state index contributed by atoms with van der Waals surface area (Å²) in [4.78, 5) is 17.7. The third kappa shape index (κ3) is 5.13. The number of carbonyl (C=O) groups excluding carboxylic acids is 1. The Morgan fingerprint density at radius 3 is 2.88 bits per heavy atom. The predicted octanol–water partition coefficient (Wildman–Crippen LogP) is 3.51. The first-order valence-electron chi connectivity index (χ1n) is 10.9. The summed E-state index contributed by atoms with van der Waals surface area (Å²) >= 11 is 1.10. The van der Waals surface area contributed by atoms with Crippen molar-refractivity contribution in [2.75, 3.05) is 5.32 Å². The molecule has 1 unspecified atom stereocenters. The van der Waals surface area contributed by atoms with Crippen LogP contribution >= 0.6 is 11.9 Å². The summed E-state index contributed by atoms with van der Waals surface area (Å²) in [5, 5.41) is 10.8. The Morgan fingerprint density at radius 1 is 1.31 bits per heavy atom. The average molecular weight is 510 g/mol. The Hall–Kier alpha value is -2.44. The molecule has 0 bridgehead atoms. The zero-order valence-electron chi connectivity index (χ0n) is 18.2. The zero-order valence-corrected chi connectivity index (χ0v) is 21.1. The van der Waals surface area contributed by atoms with Crippen molar-refractivity contribution in [1.82, 2.24) is 24.1 Å². The van der Waals surface area contributed by atoms with E-state index in [9.17, 15) is 4.79 Å². The molecule has 1 aromatic carbocycles. The number of benzene rings is 1. The number of aromatic amines is 1. The van der Waals surface area contributed by atoms with Gasteiger partial charge in [0.2, 0.25) is 0 Å². The maximum absolute atomic E-state index is 12.0. The van der Waals surface area contributed by atoms with E-state index in [0.29, 0.717) is 18.3 Å². The molecule has 1 saturated carbocycles. The Balaban J connectivity index is 1.27. The first kappa shape index (κ1) is 21.4. The monoisotopic (exact) mass is 510 g/mol. The molecule has 0 radical (unpaired) electrons. The van der Waals surface area contributed by atoms with E-state index in [-0.39, 0.29) is 5.91 Å². The minimum absolute atomic E-state index is 0.0588. The molecule has 5 rings (SSSR count). The van der Waals surface area contributed by atoms with Crippen molar-refractivity contribution < 1.29 is 4.79 Å². The molecule has 3 heterocycles. The number of nitrogens with zero attached hydrogens (tertiary/aromatic N) is 4. The molecule has 1 aliphatic heterocycles. The van der Waals surface area contributed by atoms with Crippen LogP contribution in [0.2, 0.25) is 0 Å². The van der Waals surface area contributed by atoms with Crippen LogP contribution in [0.25, 0.3) is 4.48 Å². The van der Waals surface area contributed by atoms with Crippen LogP contribution in [0.1, 0.15) is 50.5 Å². The average Bonchev–Trinajstić information content (AvgIpc) is 3.30. The van der Waals surface area contributed by atoms with Crippen LogP contribution in [0.5, 0.6) is 0 Å². The number of anilines is 1. The molecule has 1 amide bonds. The van der Waals surface area contributed by atoms with Crippen molar-refractivity contribution in [3.8, 4) is 0 Å². The van der Waals surface area contributed by atoms with Crippen LogP contribution < -0.4 is 9.80 Å². The van der Waals surface area contributed by atoms with Gasteiger partial charge in [0.05, 0.1) is 0 Å². The molecule has 1 aliphatic carbocycles. The first-order chi connectivity index (χ1) is 15.5. The fourth-order valence-corrected chi connectivity index (χ4v) is 7.12. The van der Waals surface area contributed by atoms with Crippen molar-refractivity contribution in [1.29, 1.82) is 0 Å². The van der Waals surface area contributed by atoms with Gasteiger partial charge in [-0.25, -0.2) is 0 Å². The summed E-state index contributed by atoms with van der Waals surface area (Å²) in [7, 11) is 0. The minimum atomic E-state index is -0.582. The fraction of sp³-hybridized carbons (Fsp3) is 0.348. The van der Waals surface area contributed by atoms with E-state index < -0.39 is 15.8 Å². The van der Waals surface area contributed by atoms with E-state index in [0.717, 1.165) is 23.0 Å². The van der Waals surface area contributed by atoms with Crippen LogP contribution in [-0.2, 0) is 11.3 Å². The van der Waals surface area contributed by atoms with Crippen molar-refractivity contribution in [3.05, 3.63) is 60.4 Å². The van der Waals surface area contributed by atoms with Crippen molar-refractivity contribution in [2.45, 2.75) is 50.5 Å². The van der Waals surface area contributed by atoms with Crippen molar-refractivity contribution >= 4 is 48.3 Å². The van der Waals surface area contributed by atoms with Gasteiger partial charge in [-0.1, -0.05) is 13.8 Å². The quantitative estimate of drug-likeness (QED) is 0.358. The van der Waals surface area contributed by atoms with Gasteiger partial charge in [0.15, 0.2) is 0 Å². The summed E-state index contributed by atoms with van der Waals surface area (Å²) in [5.74, 6) is 2.15. The molecule has 1 fully saturated rings. The number of fused-ring (bicyclic) bond motifs is 1. The summed E-state index contributed by atoms with van der Waals surface area (Å²) < 4.78 is 6.92. The SMILES string of the molecule is CC(C)CC(=O)Nc1ccc(SN2C=C([AsH]c3cc(C4CC4)[nH]n3)n3ccnc3C2)cc1. The molecular weight excluding hydrogens is 483 g/mol. The second-order valence-corrected chi connectivity index (χ2v) is 12.5. The Kier molecular flexibility index (Phi) is 6.15. The number of hydrogen-bond acceptors (Lipinski definition) is 5. The summed E-state index contributed by atoms with van der Waals surface area (Å²) in [6.45, 7) is 4.84. The van der Waals surface area contributed by atoms with Crippen LogP contribution in [-0.4, -0.2) is 45.7 Å². The summed E-state index contributed by atoms with van der Waals surface area (Å²) in [5.41, 5.74) is 2.12. The fourth-order valence-electron chi connectivity index (χ4n) is 3.66. The van der Waals surface area contributed by atoms with E-state index in [1.807, 2.05) is 32.2 Å². The third-order valence-corrected chi connectivity index (χ3v) is 8.71. The van der Waals surface area contributed by atoms with Gasteiger partial charge >= 0.3 is 185 Å². The van der Waals surface area contributed by atoms with E-state index in [2.05, 4.69) is 60.0 Å². The second-order valence-electron chi connectivity index (χ2n) is 8.67. The molecule has 0 spiro atoms. The third-order valence-electron chi connectivity index (χ3n) is 5.37. The van der Waals surface area contributed by atoms with Gasteiger partial charge in [-0.2, -0.15) is 0 Å². The molecule has 1 atom stereocenters. The molecular formula is C23H27AsN6OS. The Labute approximate surface area is 198 Å². The van der Waals surface area contributed by atoms with Crippen LogP contribution in [0.15, 0.2) is 53.8 Å². The van der Waals surface area contributed by atoms with Crippen LogP contribution in [0, 0.1) is 5.92 Å². The molecule has 9 heteroatoms. The Morgan fingerprint density at radius 2 is 2.12 bits per heavy atom. The number of nitrogens with one attached hydrogen (secondary N) is 2. The summed E-state index contributed by atoms with van der Waals surface area (Å²) in [6, 6.07) is 10.3. The van der Waals surface area contributed by atoms with E-state index in [4.69, 9.17) is 0 Å². The van der Waals surface area contributed by atoms with E-state index >= 15 is 0 Å². The number of hydrogen-bond donors (Lipinski definition) is 2. The molecule has 166 valence electrons. The Bertz CT molecular complexity index is 1130. The predicted molar refractivity (Wildman–Crippen MR) is 130 cm³/mol. The standard InChI is InChI=1S/C23H27AsN6OS/c1-15(2)11-23(31)26-17-5-7-18(8-6-17)32-29-13-21(30-10-9-25-22(30)14-29)24-20-12-19(27-28-20)16-3-4-16/h5-10,12-13,15-16,24H,3-4,11,14H2,1-2H3,(H,26,31)(H,27,28). The van der Waals surface area contributed by atoms with E-state index in [1.165, 1.54) is 27.5 Å². The van der Waals surface area contributed by atoms with Gasteiger partial charge in [0.1, 0.15) is 0 Å². The van der Waals surface area contributed by atoms with Gasteiger partial charge in [0, 0.05) is 0 Å². The van der Waals surface area contributed by atoms with Gasteiger partial charge in [-0.05, 0) is 0 Å². The second kappa shape index (κ2) is 9.20. The molecule has 2 aromatic heterocycles. The normalized spacial score (nSPS) is 16.0. The van der Waals surface area contributed by atoms with E-state index in [1.54, 1.807) is 11.9 Å². The maximum atomic E-state index is 12.0. The molecule has 7 nitrogen and oxygen atoms in total. The molecule has 32 heavy (non-hydrogen) atoms. The van der Waals surface area contributed by atoms with Gasteiger partial charge < -0.3 is 0 Å². The van der Waals surface area contributed by atoms with Crippen molar-refractivity contribution in [3.63, 3.8) is 0 Å². The molecule has 2 N–H and O–H groups in total. The zero-order chi connectivity index (χ0) is 22.1. The number of rotatable bonds is 8. The molecule has 2 aliphatic rings. The number of H-pyrrole nitrogens is 1.